The Kier molecular flexibility index (Phi) is 3.80. The minimum atomic E-state index is -0.131. The predicted molar refractivity (Wildman–Crippen MR) is 86.5 cm³/mol. The molecule has 0 saturated heterocycles. The van der Waals surface area contributed by atoms with Gasteiger partial charge in [0.1, 0.15) is 9.71 Å². The van der Waals surface area contributed by atoms with E-state index in [2.05, 4.69) is 28.2 Å². The van der Waals surface area contributed by atoms with E-state index in [9.17, 15) is 4.79 Å². The number of nitrogen functional groups attached to an aromatic ring is 1. The number of thiophene rings is 1. The lowest BCUT2D eigenvalue weighted by atomic mass is 10.1. The van der Waals surface area contributed by atoms with Crippen LogP contribution in [0.3, 0.4) is 0 Å². The summed E-state index contributed by atoms with van der Waals surface area (Å²) < 4.78 is 0. The Morgan fingerprint density at radius 1 is 1.52 bits per heavy atom. The number of amides is 1. The van der Waals surface area contributed by atoms with E-state index < -0.39 is 0 Å². The van der Waals surface area contributed by atoms with Gasteiger partial charge < -0.3 is 11.1 Å². The van der Waals surface area contributed by atoms with Crippen LogP contribution < -0.4 is 11.1 Å². The third kappa shape index (κ3) is 2.59. The quantitative estimate of drug-likeness (QED) is 0.676. The molecule has 5 heteroatoms. The zero-order chi connectivity index (χ0) is 14.8. The van der Waals surface area contributed by atoms with Crippen molar-refractivity contribution in [1.82, 2.24) is 10.3 Å². The van der Waals surface area contributed by atoms with Crippen LogP contribution in [0.2, 0.25) is 0 Å². The van der Waals surface area contributed by atoms with Crippen LogP contribution in [0, 0.1) is 11.8 Å². The van der Waals surface area contributed by atoms with Crippen molar-refractivity contribution < 1.29 is 4.79 Å². The number of hydrogen-bond acceptors (Lipinski definition) is 4. The number of carbonyl (C=O) groups excluding carboxylic acids is 1. The molecule has 108 valence electrons. The number of nitrogens with zero attached hydrogens (tertiary/aromatic N) is 1. The fraction of sp³-hybridized carbons (Fsp3) is 0.375. The van der Waals surface area contributed by atoms with Gasteiger partial charge in [-0.15, -0.1) is 23.2 Å². The maximum Gasteiger partial charge on any atom is 0.263 e. The van der Waals surface area contributed by atoms with Gasteiger partial charge >= 0.3 is 0 Å². The summed E-state index contributed by atoms with van der Waals surface area (Å²) in [6, 6.07) is 2.11. The fourth-order valence-electron chi connectivity index (χ4n) is 2.61. The third-order valence-electron chi connectivity index (χ3n) is 3.67. The number of anilines is 1. The molecule has 3 N–H and O–H groups in total. The summed E-state index contributed by atoms with van der Waals surface area (Å²) in [6.45, 7) is 2.33. The molecule has 0 radical (unpaired) electrons. The molecule has 2 aromatic rings. The molecule has 0 fully saturated rings. The molecule has 0 bridgehead atoms. The van der Waals surface area contributed by atoms with Gasteiger partial charge in [-0.05, 0) is 37.8 Å². The molecule has 0 aliphatic heterocycles. The van der Waals surface area contributed by atoms with E-state index in [1.54, 1.807) is 6.92 Å². The summed E-state index contributed by atoms with van der Waals surface area (Å²) in [4.78, 5) is 18.3. The second kappa shape index (κ2) is 5.74. The standard InChI is InChI=1S/C16H17N3OS/c1-2-3-4-8-18-15(20)14-13(17)11-9-10-6-5-7-12(10)19-16(11)21-14/h9H,4-8,17H2,1H3,(H,18,20). The molecular weight excluding hydrogens is 282 g/mol. The number of rotatable bonds is 3. The molecule has 1 aliphatic rings. The van der Waals surface area contributed by atoms with Crippen LogP contribution in [0.1, 0.15) is 40.7 Å². The summed E-state index contributed by atoms with van der Waals surface area (Å²) in [7, 11) is 0. The van der Waals surface area contributed by atoms with E-state index in [1.807, 2.05) is 0 Å². The highest BCUT2D eigenvalue weighted by atomic mass is 32.1. The smallest absolute Gasteiger partial charge is 0.263 e. The van der Waals surface area contributed by atoms with E-state index in [0.717, 1.165) is 35.2 Å². The average Bonchev–Trinajstić information content (AvgIpc) is 3.06. The van der Waals surface area contributed by atoms with Crippen molar-refractivity contribution >= 4 is 33.1 Å². The van der Waals surface area contributed by atoms with Crippen LogP contribution in [0.5, 0.6) is 0 Å². The van der Waals surface area contributed by atoms with Crippen molar-refractivity contribution in [3.05, 3.63) is 22.2 Å². The Hall–Kier alpha value is -2.06. The third-order valence-corrected chi connectivity index (χ3v) is 4.78. The van der Waals surface area contributed by atoms with E-state index in [-0.39, 0.29) is 5.91 Å². The molecule has 1 amide bonds. The number of pyridine rings is 1. The first-order chi connectivity index (χ1) is 10.2. The van der Waals surface area contributed by atoms with Crippen LogP contribution in [0.4, 0.5) is 5.69 Å². The van der Waals surface area contributed by atoms with Gasteiger partial charge in [-0.3, -0.25) is 4.79 Å². The van der Waals surface area contributed by atoms with Gasteiger partial charge in [0.15, 0.2) is 0 Å². The largest absolute Gasteiger partial charge is 0.397 e. The maximum absolute atomic E-state index is 12.2. The Balaban J connectivity index is 1.87. The monoisotopic (exact) mass is 299 g/mol. The van der Waals surface area contributed by atoms with Gasteiger partial charge in [-0.1, -0.05) is 0 Å². The summed E-state index contributed by atoms with van der Waals surface area (Å²) >= 11 is 1.38. The maximum atomic E-state index is 12.2. The van der Waals surface area contributed by atoms with Crippen LogP contribution in [-0.4, -0.2) is 17.4 Å². The molecule has 0 unspecified atom stereocenters. The first-order valence-electron chi connectivity index (χ1n) is 7.09. The lowest BCUT2D eigenvalue weighted by molar-refractivity contribution is 0.0959. The zero-order valence-electron chi connectivity index (χ0n) is 12.0. The molecule has 1 aliphatic carbocycles. The van der Waals surface area contributed by atoms with E-state index in [0.29, 0.717) is 23.5 Å². The van der Waals surface area contributed by atoms with E-state index in [1.165, 1.54) is 16.9 Å². The normalized spacial score (nSPS) is 12.8. The highest BCUT2D eigenvalue weighted by Crippen LogP contribution is 2.35. The lowest BCUT2D eigenvalue weighted by Gasteiger charge is -2.01. The van der Waals surface area contributed by atoms with Crippen molar-refractivity contribution in [3.8, 4) is 11.8 Å². The van der Waals surface area contributed by atoms with Gasteiger partial charge in [0.05, 0.1) is 5.69 Å². The molecule has 3 rings (SSSR count). The van der Waals surface area contributed by atoms with Gasteiger partial charge in [-0.25, -0.2) is 4.98 Å². The second-order valence-electron chi connectivity index (χ2n) is 5.08. The minimum Gasteiger partial charge on any atom is -0.397 e. The summed E-state index contributed by atoms with van der Waals surface area (Å²) in [6.07, 6.45) is 3.90. The Morgan fingerprint density at radius 2 is 2.38 bits per heavy atom. The molecule has 0 atom stereocenters. The van der Waals surface area contributed by atoms with E-state index >= 15 is 0 Å². The highest BCUT2D eigenvalue weighted by Gasteiger charge is 2.20. The summed E-state index contributed by atoms with van der Waals surface area (Å²) in [5, 5.41) is 3.77. The van der Waals surface area contributed by atoms with Crippen molar-refractivity contribution in [3.63, 3.8) is 0 Å². The first-order valence-corrected chi connectivity index (χ1v) is 7.91. The predicted octanol–water partition coefficient (Wildman–Crippen LogP) is 2.51. The Bertz CT molecular complexity index is 767. The van der Waals surface area contributed by atoms with E-state index in [4.69, 9.17) is 5.73 Å². The van der Waals surface area contributed by atoms with Crippen molar-refractivity contribution in [1.29, 1.82) is 0 Å². The molecule has 4 nitrogen and oxygen atoms in total. The van der Waals surface area contributed by atoms with Gasteiger partial charge in [0, 0.05) is 24.0 Å². The average molecular weight is 299 g/mol. The number of carbonyl (C=O) groups is 1. The second-order valence-corrected chi connectivity index (χ2v) is 6.08. The highest BCUT2D eigenvalue weighted by molar-refractivity contribution is 7.21. The van der Waals surface area contributed by atoms with Gasteiger partial charge in [0.2, 0.25) is 0 Å². The Labute approximate surface area is 127 Å². The number of aryl methyl sites for hydroxylation is 2. The number of nitrogens with one attached hydrogen (secondary N) is 1. The first kappa shape index (κ1) is 13.9. The van der Waals surface area contributed by atoms with Crippen LogP contribution >= 0.6 is 11.3 Å². The number of nitrogens with two attached hydrogens (primary N) is 1. The summed E-state index contributed by atoms with van der Waals surface area (Å²) in [5.74, 6) is 5.60. The molecular formula is C16H17N3OS. The topological polar surface area (TPSA) is 68.0 Å². The van der Waals surface area contributed by atoms with Gasteiger partial charge in [-0.2, -0.15) is 0 Å². The van der Waals surface area contributed by atoms with Crippen LogP contribution in [0.15, 0.2) is 6.07 Å². The minimum absolute atomic E-state index is 0.131. The molecule has 2 heterocycles. The number of aromatic nitrogens is 1. The number of hydrogen-bond donors (Lipinski definition) is 2. The van der Waals surface area contributed by atoms with Crippen molar-refractivity contribution in [2.45, 2.75) is 32.6 Å². The summed E-state index contributed by atoms with van der Waals surface area (Å²) in [5.41, 5.74) is 9.13. The molecule has 0 aromatic carbocycles. The Morgan fingerprint density at radius 3 is 3.19 bits per heavy atom. The zero-order valence-corrected chi connectivity index (χ0v) is 12.8. The van der Waals surface area contributed by atoms with Crippen molar-refractivity contribution in [2.75, 3.05) is 12.3 Å². The number of fused-ring (bicyclic) bond motifs is 2. The molecule has 0 saturated carbocycles. The van der Waals surface area contributed by atoms with Gasteiger partial charge in [0.25, 0.3) is 5.91 Å². The van der Waals surface area contributed by atoms with Crippen LogP contribution in [0.25, 0.3) is 10.2 Å². The molecule has 0 spiro atoms. The van der Waals surface area contributed by atoms with Crippen molar-refractivity contribution in [2.24, 2.45) is 0 Å². The molecule has 2 aromatic heterocycles. The lowest BCUT2D eigenvalue weighted by Crippen LogP contribution is -2.24. The fourth-order valence-corrected chi connectivity index (χ4v) is 3.62. The van der Waals surface area contributed by atoms with Crippen LogP contribution in [-0.2, 0) is 12.8 Å². The molecule has 21 heavy (non-hydrogen) atoms. The SMILES string of the molecule is CC#CCCNC(=O)c1sc2nc3c(cc2c1N)CCC3.